The van der Waals surface area contributed by atoms with Gasteiger partial charge >= 0.3 is 24.7 Å². The third-order valence-electron chi connectivity index (χ3n) is 3.48. The van der Waals surface area contributed by atoms with E-state index < -0.39 is 60.4 Å². The van der Waals surface area contributed by atoms with Gasteiger partial charge < -0.3 is 4.74 Å². The summed E-state index contributed by atoms with van der Waals surface area (Å²) in [6, 6.07) is 0. The van der Waals surface area contributed by atoms with Crippen molar-refractivity contribution in [1.29, 1.82) is 0 Å². The SMILES string of the molecule is CCOC1CC(=C(C(F)(F)F)C(F)(F)F)C1(C(F)(F)F)C(F)(F)F. The van der Waals surface area contributed by atoms with Gasteiger partial charge in [-0.2, -0.15) is 52.7 Å². The number of hydrogen-bond donors (Lipinski definition) is 0. The lowest BCUT2D eigenvalue weighted by Crippen LogP contribution is -2.67. The Bertz CT molecular complexity index is 473. The predicted octanol–water partition coefficient (Wildman–Crippen LogP) is 5.33. The molecule has 1 aliphatic rings. The Morgan fingerprint density at radius 2 is 1.25 bits per heavy atom. The highest BCUT2D eigenvalue weighted by atomic mass is 19.4. The molecule has 1 rings (SSSR count). The maximum atomic E-state index is 13.0. The van der Waals surface area contributed by atoms with E-state index in [1.165, 1.54) is 0 Å². The van der Waals surface area contributed by atoms with Gasteiger partial charge in [-0.1, -0.05) is 0 Å². The molecule has 0 aromatic heterocycles. The molecule has 1 atom stereocenters. The van der Waals surface area contributed by atoms with Gasteiger partial charge in [-0.05, 0) is 18.9 Å². The molecular weight excluding hydrogens is 376 g/mol. The summed E-state index contributed by atoms with van der Waals surface area (Å²) in [7, 11) is 0. The van der Waals surface area contributed by atoms with Crippen LogP contribution < -0.4 is 0 Å². The van der Waals surface area contributed by atoms with E-state index in [-0.39, 0.29) is 0 Å². The van der Waals surface area contributed by atoms with Gasteiger partial charge in [-0.3, -0.25) is 0 Å². The van der Waals surface area contributed by atoms with Crippen LogP contribution in [0.2, 0.25) is 0 Å². The van der Waals surface area contributed by atoms with Crippen molar-refractivity contribution in [2.24, 2.45) is 5.41 Å². The second-order valence-corrected chi connectivity index (χ2v) is 4.80. The van der Waals surface area contributed by atoms with Crippen molar-refractivity contribution < 1.29 is 57.4 Å². The average molecular weight is 384 g/mol. The van der Waals surface area contributed by atoms with Crippen molar-refractivity contribution >= 4 is 0 Å². The molecule has 142 valence electrons. The molecule has 0 bridgehead atoms. The molecule has 0 aromatic carbocycles. The summed E-state index contributed by atoms with van der Waals surface area (Å²) in [4.78, 5) is 0. The number of ether oxygens (including phenoxy) is 1. The average Bonchev–Trinajstić information content (AvgIpc) is 2.18. The minimum absolute atomic E-state index is 0.765. The van der Waals surface area contributed by atoms with Gasteiger partial charge in [0, 0.05) is 6.61 Å². The van der Waals surface area contributed by atoms with Crippen LogP contribution in [0.15, 0.2) is 11.1 Å². The first-order valence-corrected chi connectivity index (χ1v) is 6.05. The summed E-state index contributed by atoms with van der Waals surface area (Å²) in [6.07, 6.45) is -30.6. The van der Waals surface area contributed by atoms with E-state index in [9.17, 15) is 52.7 Å². The zero-order chi connectivity index (χ0) is 19.4. The highest BCUT2D eigenvalue weighted by molar-refractivity contribution is 5.41. The normalized spacial score (nSPS) is 22.4. The van der Waals surface area contributed by atoms with Crippen LogP contribution in [-0.2, 0) is 4.74 Å². The lowest BCUT2D eigenvalue weighted by Gasteiger charge is -2.53. The molecule has 1 fully saturated rings. The molecule has 1 unspecified atom stereocenters. The van der Waals surface area contributed by atoms with Crippen molar-refractivity contribution in [3.63, 3.8) is 0 Å². The summed E-state index contributed by atoms with van der Waals surface area (Å²) in [6.45, 7) is 0.187. The van der Waals surface area contributed by atoms with Crippen molar-refractivity contribution in [2.75, 3.05) is 6.61 Å². The van der Waals surface area contributed by atoms with Crippen LogP contribution in [0.25, 0.3) is 0 Å². The third kappa shape index (κ3) is 3.06. The molecule has 0 heterocycles. The Morgan fingerprint density at radius 1 is 0.875 bits per heavy atom. The number of alkyl halides is 12. The fourth-order valence-corrected chi connectivity index (χ4v) is 2.62. The monoisotopic (exact) mass is 384 g/mol. The molecule has 13 heteroatoms. The van der Waals surface area contributed by atoms with E-state index in [4.69, 9.17) is 0 Å². The molecular formula is C11H8F12O. The summed E-state index contributed by atoms with van der Waals surface area (Å²) in [5, 5.41) is 0. The van der Waals surface area contributed by atoms with Crippen LogP contribution in [0.1, 0.15) is 13.3 Å². The second kappa shape index (κ2) is 5.70. The van der Waals surface area contributed by atoms with Crippen molar-refractivity contribution in [3.8, 4) is 0 Å². The van der Waals surface area contributed by atoms with Gasteiger partial charge in [0.25, 0.3) is 0 Å². The van der Waals surface area contributed by atoms with E-state index in [2.05, 4.69) is 4.74 Å². The van der Waals surface area contributed by atoms with Gasteiger partial charge in [0.15, 0.2) is 0 Å². The quantitative estimate of drug-likeness (QED) is 0.462. The van der Waals surface area contributed by atoms with Crippen LogP contribution in [0.3, 0.4) is 0 Å². The van der Waals surface area contributed by atoms with Crippen molar-refractivity contribution in [3.05, 3.63) is 11.1 Å². The minimum atomic E-state index is -6.47. The Kier molecular flexibility index (Phi) is 4.96. The maximum Gasteiger partial charge on any atom is 0.421 e. The van der Waals surface area contributed by atoms with Crippen LogP contribution in [0.5, 0.6) is 0 Å². The van der Waals surface area contributed by atoms with Crippen molar-refractivity contribution in [2.45, 2.75) is 44.2 Å². The van der Waals surface area contributed by atoms with Crippen LogP contribution in [0, 0.1) is 5.41 Å². The minimum Gasteiger partial charge on any atom is -0.377 e. The van der Waals surface area contributed by atoms with Crippen molar-refractivity contribution in [1.82, 2.24) is 0 Å². The Labute approximate surface area is 126 Å². The van der Waals surface area contributed by atoms with Crippen LogP contribution >= 0.6 is 0 Å². The molecule has 0 saturated heterocycles. The molecule has 1 saturated carbocycles. The molecule has 0 radical (unpaired) electrons. The summed E-state index contributed by atoms with van der Waals surface area (Å²) in [5.74, 6) is 0. The number of rotatable bonds is 2. The molecule has 1 nitrogen and oxygen atoms in total. The molecule has 0 amide bonds. The molecule has 0 aromatic rings. The summed E-state index contributed by atoms with van der Waals surface area (Å²) >= 11 is 0. The first-order chi connectivity index (χ1) is 10.4. The fraction of sp³-hybridized carbons (Fsp3) is 0.818. The van der Waals surface area contributed by atoms with E-state index in [1.54, 1.807) is 0 Å². The highest BCUT2D eigenvalue weighted by Gasteiger charge is 2.83. The summed E-state index contributed by atoms with van der Waals surface area (Å²) < 4.78 is 158. The summed E-state index contributed by atoms with van der Waals surface area (Å²) in [5.41, 5.74) is -12.0. The second-order valence-electron chi connectivity index (χ2n) is 4.80. The van der Waals surface area contributed by atoms with Gasteiger partial charge in [0.05, 0.1) is 6.10 Å². The van der Waals surface area contributed by atoms with E-state index in [1.807, 2.05) is 0 Å². The zero-order valence-electron chi connectivity index (χ0n) is 11.4. The zero-order valence-corrected chi connectivity index (χ0v) is 11.4. The topological polar surface area (TPSA) is 9.23 Å². The number of halogens is 12. The standard InChI is InChI=1S/C11H8F12O/c1-2-24-5-3-4(6(8(12,13)14)9(15,16)17)7(5,10(18,19)20)11(21,22)23/h5H,2-3H2,1H3. The molecule has 1 aliphatic carbocycles. The van der Waals surface area contributed by atoms with Crippen LogP contribution in [-0.4, -0.2) is 37.4 Å². The Balaban J connectivity index is 3.84. The maximum absolute atomic E-state index is 13.0. The Morgan fingerprint density at radius 3 is 1.50 bits per heavy atom. The first-order valence-electron chi connectivity index (χ1n) is 6.05. The third-order valence-corrected chi connectivity index (χ3v) is 3.48. The van der Waals surface area contributed by atoms with Gasteiger partial charge in [-0.25, -0.2) is 0 Å². The Hall–Kier alpha value is -1.14. The molecule has 24 heavy (non-hydrogen) atoms. The van der Waals surface area contributed by atoms with Gasteiger partial charge in [-0.15, -0.1) is 0 Å². The number of allylic oxidation sites excluding steroid dienone is 1. The van der Waals surface area contributed by atoms with E-state index in [0.717, 1.165) is 6.92 Å². The van der Waals surface area contributed by atoms with E-state index in [0.29, 0.717) is 0 Å². The van der Waals surface area contributed by atoms with Gasteiger partial charge in [0.1, 0.15) is 5.57 Å². The highest BCUT2D eigenvalue weighted by Crippen LogP contribution is 2.68. The lowest BCUT2D eigenvalue weighted by atomic mass is 9.58. The molecule has 0 spiro atoms. The predicted molar refractivity (Wildman–Crippen MR) is 53.7 cm³/mol. The number of hydrogen-bond acceptors (Lipinski definition) is 1. The van der Waals surface area contributed by atoms with Crippen LogP contribution in [0.4, 0.5) is 52.7 Å². The van der Waals surface area contributed by atoms with E-state index >= 15 is 0 Å². The lowest BCUT2D eigenvalue weighted by molar-refractivity contribution is -0.375. The molecule has 0 N–H and O–H groups in total. The first kappa shape index (κ1) is 20.9. The smallest absolute Gasteiger partial charge is 0.377 e. The largest absolute Gasteiger partial charge is 0.421 e. The fourth-order valence-electron chi connectivity index (χ4n) is 2.62. The molecule has 0 aliphatic heterocycles. The van der Waals surface area contributed by atoms with Gasteiger partial charge in [0.2, 0.25) is 5.41 Å².